The van der Waals surface area contributed by atoms with Gasteiger partial charge in [0, 0.05) is 6.42 Å². The van der Waals surface area contributed by atoms with Gasteiger partial charge in [-0.05, 0) is 38.5 Å². The maximum absolute atomic E-state index is 10.4. The van der Waals surface area contributed by atoms with E-state index < -0.39 is 5.97 Å². The van der Waals surface area contributed by atoms with Crippen molar-refractivity contribution >= 4 is 5.97 Å². The van der Waals surface area contributed by atoms with E-state index in [0.717, 1.165) is 25.2 Å². The zero-order valence-corrected chi connectivity index (χ0v) is 13.8. The molecule has 0 spiro atoms. The van der Waals surface area contributed by atoms with Crippen molar-refractivity contribution in [3.63, 3.8) is 0 Å². The highest BCUT2D eigenvalue weighted by molar-refractivity contribution is 5.66. The third kappa shape index (κ3) is 13.6. The van der Waals surface area contributed by atoms with E-state index in [-0.39, 0.29) is 0 Å². The van der Waals surface area contributed by atoms with Crippen LogP contribution in [0.5, 0.6) is 0 Å². The van der Waals surface area contributed by atoms with Crippen LogP contribution in [-0.4, -0.2) is 11.1 Å². The Morgan fingerprint density at radius 3 is 2.45 bits per heavy atom. The van der Waals surface area contributed by atoms with Crippen LogP contribution in [-0.2, 0) is 4.79 Å². The van der Waals surface area contributed by atoms with Crippen molar-refractivity contribution in [3.05, 3.63) is 11.6 Å². The van der Waals surface area contributed by atoms with Crippen LogP contribution in [0.15, 0.2) is 11.6 Å². The predicted octanol–water partition coefficient (Wildman–Crippen LogP) is 5.96. The second kappa shape index (κ2) is 13.2. The molecule has 1 N–H and O–H groups in total. The molecule has 0 aromatic rings. The first-order valence-corrected chi connectivity index (χ1v) is 8.43. The first kappa shape index (κ1) is 19.2. The Labute approximate surface area is 125 Å². The summed E-state index contributed by atoms with van der Waals surface area (Å²) in [5.74, 6) is 0.106. The number of carbonyl (C=O) groups is 1. The molecule has 118 valence electrons. The zero-order valence-electron chi connectivity index (χ0n) is 13.8. The number of unbranched alkanes of at least 4 members (excludes halogenated alkanes) is 6. The monoisotopic (exact) mass is 282 g/mol. The summed E-state index contributed by atoms with van der Waals surface area (Å²) in [7, 11) is 0. The van der Waals surface area contributed by atoms with E-state index in [9.17, 15) is 4.79 Å². The number of hydrogen-bond donors (Lipinski definition) is 1. The molecule has 0 fully saturated rings. The van der Waals surface area contributed by atoms with Crippen molar-refractivity contribution in [1.29, 1.82) is 0 Å². The number of allylic oxidation sites excluding steroid dienone is 2. The quantitative estimate of drug-likeness (QED) is 0.334. The first-order valence-electron chi connectivity index (χ1n) is 8.43. The Bertz CT molecular complexity index is 269. The lowest BCUT2D eigenvalue weighted by molar-refractivity contribution is -0.137. The van der Waals surface area contributed by atoms with E-state index in [2.05, 4.69) is 26.8 Å². The van der Waals surface area contributed by atoms with Crippen molar-refractivity contribution in [1.82, 2.24) is 0 Å². The highest BCUT2D eigenvalue weighted by atomic mass is 16.4. The van der Waals surface area contributed by atoms with E-state index >= 15 is 0 Å². The van der Waals surface area contributed by atoms with E-state index in [1.807, 2.05) is 0 Å². The topological polar surface area (TPSA) is 37.3 Å². The highest BCUT2D eigenvalue weighted by Crippen LogP contribution is 2.19. The molecule has 0 heterocycles. The standard InChI is InChI=1S/C18H34O2/c1-4-5-6-7-9-12-16(2)15-17(3)13-10-8-11-14-18(19)20/h13,16H,4-12,14-15H2,1-3H3,(H,19,20). The van der Waals surface area contributed by atoms with Crippen molar-refractivity contribution in [2.24, 2.45) is 5.92 Å². The molecule has 0 amide bonds. The molecule has 0 aliphatic rings. The van der Waals surface area contributed by atoms with E-state index in [1.54, 1.807) is 0 Å². The number of aliphatic carboxylic acids is 1. The lowest BCUT2D eigenvalue weighted by Crippen LogP contribution is -1.96. The van der Waals surface area contributed by atoms with Gasteiger partial charge in [-0.25, -0.2) is 0 Å². The third-order valence-electron chi connectivity index (χ3n) is 3.81. The van der Waals surface area contributed by atoms with Gasteiger partial charge in [-0.2, -0.15) is 0 Å². The van der Waals surface area contributed by atoms with Gasteiger partial charge in [-0.3, -0.25) is 4.79 Å². The van der Waals surface area contributed by atoms with Crippen LogP contribution in [0.1, 0.15) is 91.4 Å². The lowest BCUT2D eigenvalue weighted by atomic mass is 9.95. The van der Waals surface area contributed by atoms with Crippen LogP contribution in [0.3, 0.4) is 0 Å². The SMILES string of the molecule is CCCCCCCC(C)CC(C)=CCCCCC(=O)O. The maximum Gasteiger partial charge on any atom is 0.303 e. The van der Waals surface area contributed by atoms with E-state index in [0.29, 0.717) is 6.42 Å². The lowest BCUT2D eigenvalue weighted by Gasteiger charge is -2.11. The zero-order chi connectivity index (χ0) is 15.2. The van der Waals surface area contributed by atoms with E-state index in [1.165, 1.54) is 50.5 Å². The summed E-state index contributed by atoms with van der Waals surface area (Å²) in [4.78, 5) is 10.4. The molecule has 1 unspecified atom stereocenters. The highest BCUT2D eigenvalue weighted by Gasteiger charge is 2.03. The Morgan fingerprint density at radius 1 is 1.10 bits per heavy atom. The first-order chi connectivity index (χ1) is 9.56. The summed E-state index contributed by atoms with van der Waals surface area (Å²) < 4.78 is 0. The molecule has 2 heteroatoms. The van der Waals surface area contributed by atoms with Gasteiger partial charge in [0.05, 0.1) is 0 Å². The minimum atomic E-state index is -0.678. The molecular formula is C18H34O2. The van der Waals surface area contributed by atoms with Gasteiger partial charge in [0.25, 0.3) is 0 Å². The minimum absolute atomic E-state index is 0.307. The van der Waals surface area contributed by atoms with Crippen LogP contribution < -0.4 is 0 Å². The van der Waals surface area contributed by atoms with Crippen molar-refractivity contribution in [2.45, 2.75) is 91.4 Å². The Hall–Kier alpha value is -0.790. The van der Waals surface area contributed by atoms with Gasteiger partial charge in [-0.15, -0.1) is 0 Å². The molecule has 0 bridgehead atoms. The second-order valence-electron chi connectivity index (χ2n) is 6.20. The maximum atomic E-state index is 10.4. The second-order valence-corrected chi connectivity index (χ2v) is 6.20. The van der Waals surface area contributed by atoms with Crippen LogP contribution in [0.25, 0.3) is 0 Å². The van der Waals surface area contributed by atoms with Crippen LogP contribution in [0, 0.1) is 5.92 Å². The summed E-state index contributed by atoms with van der Waals surface area (Å²) in [5.41, 5.74) is 1.47. The van der Waals surface area contributed by atoms with E-state index in [4.69, 9.17) is 5.11 Å². The average Bonchev–Trinajstić information content (AvgIpc) is 2.37. The molecule has 20 heavy (non-hydrogen) atoms. The van der Waals surface area contributed by atoms with Crippen molar-refractivity contribution in [2.75, 3.05) is 0 Å². The number of hydrogen-bond acceptors (Lipinski definition) is 1. The normalized spacial score (nSPS) is 13.4. The Kier molecular flexibility index (Phi) is 12.7. The Balaban J connectivity index is 3.56. The van der Waals surface area contributed by atoms with Gasteiger partial charge in [-0.1, -0.05) is 64.0 Å². The molecule has 0 aromatic heterocycles. The molecule has 0 aliphatic carbocycles. The number of carboxylic acids is 1. The number of rotatable bonds is 13. The Morgan fingerprint density at radius 2 is 1.80 bits per heavy atom. The predicted molar refractivity (Wildman–Crippen MR) is 87.0 cm³/mol. The average molecular weight is 282 g/mol. The molecule has 0 saturated heterocycles. The van der Waals surface area contributed by atoms with Crippen LogP contribution in [0.2, 0.25) is 0 Å². The largest absolute Gasteiger partial charge is 0.481 e. The van der Waals surface area contributed by atoms with Crippen LogP contribution >= 0.6 is 0 Å². The molecule has 0 aliphatic heterocycles. The van der Waals surface area contributed by atoms with Gasteiger partial charge in [0.1, 0.15) is 0 Å². The molecule has 0 aromatic carbocycles. The molecule has 0 rings (SSSR count). The molecular weight excluding hydrogens is 248 g/mol. The van der Waals surface area contributed by atoms with Gasteiger partial charge in [0.15, 0.2) is 0 Å². The smallest absolute Gasteiger partial charge is 0.303 e. The fourth-order valence-corrected chi connectivity index (χ4v) is 2.60. The van der Waals surface area contributed by atoms with Gasteiger partial charge < -0.3 is 5.11 Å². The van der Waals surface area contributed by atoms with Gasteiger partial charge in [0.2, 0.25) is 0 Å². The summed E-state index contributed by atoms with van der Waals surface area (Å²) in [5, 5.41) is 8.56. The van der Waals surface area contributed by atoms with Gasteiger partial charge >= 0.3 is 5.97 Å². The van der Waals surface area contributed by atoms with Crippen molar-refractivity contribution in [3.8, 4) is 0 Å². The molecule has 2 nitrogen and oxygen atoms in total. The van der Waals surface area contributed by atoms with Crippen LogP contribution in [0.4, 0.5) is 0 Å². The third-order valence-corrected chi connectivity index (χ3v) is 3.81. The fraction of sp³-hybridized carbons (Fsp3) is 0.833. The summed E-state index contributed by atoms with van der Waals surface area (Å²) >= 11 is 0. The number of carboxylic acid groups (broad SMARTS) is 1. The molecule has 1 atom stereocenters. The molecule has 0 radical (unpaired) electrons. The summed E-state index contributed by atoms with van der Waals surface area (Å²) in [6, 6.07) is 0. The molecule has 0 saturated carbocycles. The summed E-state index contributed by atoms with van der Waals surface area (Å²) in [6.45, 7) is 6.82. The fourth-order valence-electron chi connectivity index (χ4n) is 2.60. The summed E-state index contributed by atoms with van der Waals surface area (Å²) in [6.07, 6.45) is 14.8. The van der Waals surface area contributed by atoms with Crippen molar-refractivity contribution < 1.29 is 9.90 Å². The minimum Gasteiger partial charge on any atom is -0.481 e.